The minimum absolute atomic E-state index is 0.176. The lowest BCUT2D eigenvalue weighted by molar-refractivity contribution is -0.128. The molecule has 0 unspecified atom stereocenters. The van der Waals surface area contributed by atoms with Crippen molar-refractivity contribution in [2.45, 2.75) is 26.3 Å². The van der Waals surface area contributed by atoms with Gasteiger partial charge in [-0.1, -0.05) is 30.3 Å². The standard InChI is InChI=1S/C22H25NO6/c1-4-28-19-11-10-17(13-20(19)27-3)22(26)29-14-21(25)23-18(15(2)24)12-16-8-6-5-7-9-16/h5-11,13,18H,4,12,14H2,1-3H3,(H,23,25)/t18-/m0/s1. The van der Waals surface area contributed by atoms with Crippen LogP contribution in [-0.4, -0.2) is 44.0 Å². The van der Waals surface area contributed by atoms with E-state index in [0.717, 1.165) is 5.56 Å². The molecule has 29 heavy (non-hydrogen) atoms. The van der Waals surface area contributed by atoms with Crippen LogP contribution in [0.2, 0.25) is 0 Å². The maximum atomic E-state index is 12.2. The molecule has 7 nitrogen and oxygen atoms in total. The van der Waals surface area contributed by atoms with E-state index in [0.29, 0.717) is 24.5 Å². The molecule has 0 fully saturated rings. The fourth-order valence-corrected chi connectivity index (χ4v) is 2.67. The largest absolute Gasteiger partial charge is 0.493 e. The van der Waals surface area contributed by atoms with E-state index < -0.39 is 24.5 Å². The SMILES string of the molecule is CCOc1ccc(C(=O)OCC(=O)N[C@@H](Cc2ccccc2)C(C)=O)cc1OC. The smallest absolute Gasteiger partial charge is 0.338 e. The zero-order valence-corrected chi connectivity index (χ0v) is 16.8. The molecule has 154 valence electrons. The Labute approximate surface area is 170 Å². The Morgan fingerprint density at radius 1 is 1.03 bits per heavy atom. The first kappa shape index (κ1) is 21.9. The van der Waals surface area contributed by atoms with Gasteiger partial charge in [-0.25, -0.2) is 4.79 Å². The average molecular weight is 399 g/mol. The van der Waals surface area contributed by atoms with Crippen LogP contribution in [0.15, 0.2) is 48.5 Å². The molecule has 0 aromatic heterocycles. The molecular formula is C22H25NO6. The lowest BCUT2D eigenvalue weighted by Gasteiger charge is -2.16. The number of hydrogen-bond donors (Lipinski definition) is 1. The topological polar surface area (TPSA) is 90.9 Å². The summed E-state index contributed by atoms with van der Waals surface area (Å²) in [4.78, 5) is 36.2. The molecule has 0 aliphatic carbocycles. The third-order valence-corrected chi connectivity index (χ3v) is 4.14. The molecule has 7 heteroatoms. The number of ether oxygens (including phenoxy) is 3. The summed E-state index contributed by atoms with van der Waals surface area (Å²) < 4.78 is 15.7. The third kappa shape index (κ3) is 6.64. The maximum Gasteiger partial charge on any atom is 0.338 e. The predicted molar refractivity (Wildman–Crippen MR) is 107 cm³/mol. The summed E-state index contributed by atoms with van der Waals surface area (Å²) in [5, 5.41) is 2.61. The summed E-state index contributed by atoms with van der Waals surface area (Å²) in [7, 11) is 1.47. The van der Waals surface area contributed by atoms with E-state index in [4.69, 9.17) is 14.2 Å². The Hall–Kier alpha value is -3.35. The summed E-state index contributed by atoms with van der Waals surface area (Å²) >= 11 is 0. The summed E-state index contributed by atoms with van der Waals surface area (Å²) in [6.45, 7) is 3.21. The van der Waals surface area contributed by atoms with Gasteiger partial charge in [-0.05, 0) is 44.0 Å². The molecule has 0 saturated carbocycles. The van der Waals surface area contributed by atoms with Crippen LogP contribution >= 0.6 is 0 Å². The van der Waals surface area contributed by atoms with Gasteiger partial charge in [-0.3, -0.25) is 9.59 Å². The Morgan fingerprint density at radius 2 is 1.76 bits per heavy atom. The first-order valence-corrected chi connectivity index (χ1v) is 9.26. The molecule has 0 saturated heterocycles. The second kappa shape index (κ2) is 10.8. The van der Waals surface area contributed by atoms with E-state index in [2.05, 4.69) is 5.32 Å². The number of rotatable bonds is 10. The van der Waals surface area contributed by atoms with Crippen molar-refractivity contribution in [3.63, 3.8) is 0 Å². The number of carbonyl (C=O) groups excluding carboxylic acids is 3. The molecule has 0 radical (unpaired) electrons. The second-order valence-electron chi connectivity index (χ2n) is 6.30. The Balaban J connectivity index is 1.93. The van der Waals surface area contributed by atoms with Crippen LogP contribution in [0.5, 0.6) is 11.5 Å². The highest BCUT2D eigenvalue weighted by Crippen LogP contribution is 2.28. The minimum atomic E-state index is -0.686. The van der Waals surface area contributed by atoms with Crippen molar-refractivity contribution >= 4 is 17.7 Å². The number of esters is 1. The fraction of sp³-hybridized carbons (Fsp3) is 0.318. The van der Waals surface area contributed by atoms with Gasteiger partial charge in [0.2, 0.25) is 0 Å². The molecule has 0 aliphatic heterocycles. The molecular weight excluding hydrogens is 374 g/mol. The van der Waals surface area contributed by atoms with E-state index in [1.165, 1.54) is 26.2 Å². The van der Waals surface area contributed by atoms with Crippen molar-refractivity contribution in [3.05, 3.63) is 59.7 Å². The maximum absolute atomic E-state index is 12.2. The summed E-state index contributed by atoms with van der Waals surface area (Å²) in [5.41, 5.74) is 1.15. The highest BCUT2D eigenvalue weighted by atomic mass is 16.5. The first-order valence-electron chi connectivity index (χ1n) is 9.26. The van der Waals surface area contributed by atoms with Crippen LogP contribution in [0.4, 0.5) is 0 Å². The summed E-state index contributed by atoms with van der Waals surface area (Å²) in [5.74, 6) is -0.499. The Bertz CT molecular complexity index is 850. The van der Waals surface area contributed by atoms with Crippen LogP contribution < -0.4 is 14.8 Å². The molecule has 2 rings (SSSR count). The van der Waals surface area contributed by atoms with E-state index in [-0.39, 0.29) is 11.3 Å². The van der Waals surface area contributed by atoms with Gasteiger partial charge in [-0.2, -0.15) is 0 Å². The van der Waals surface area contributed by atoms with Gasteiger partial charge in [0.15, 0.2) is 23.9 Å². The number of hydrogen-bond acceptors (Lipinski definition) is 6. The zero-order chi connectivity index (χ0) is 21.2. The lowest BCUT2D eigenvalue weighted by atomic mass is 10.0. The van der Waals surface area contributed by atoms with Crippen molar-refractivity contribution in [3.8, 4) is 11.5 Å². The van der Waals surface area contributed by atoms with Gasteiger partial charge < -0.3 is 19.5 Å². The Morgan fingerprint density at radius 3 is 2.38 bits per heavy atom. The van der Waals surface area contributed by atoms with Crippen molar-refractivity contribution < 1.29 is 28.6 Å². The minimum Gasteiger partial charge on any atom is -0.493 e. The lowest BCUT2D eigenvalue weighted by Crippen LogP contribution is -2.43. The van der Waals surface area contributed by atoms with Crippen LogP contribution in [0.3, 0.4) is 0 Å². The van der Waals surface area contributed by atoms with Crippen molar-refractivity contribution in [2.24, 2.45) is 0 Å². The third-order valence-electron chi connectivity index (χ3n) is 4.14. The van der Waals surface area contributed by atoms with Gasteiger partial charge in [0.05, 0.1) is 25.3 Å². The molecule has 0 spiro atoms. The highest BCUT2D eigenvalue weighted by molar-refractivity contribution is 5.93. The predicted octanol–water partition coefficient (Wildman–Crippen LogP) is 2.57. The van der Waals surface area contributed by atoms with Crippen molar-refractivity contribution in [1.82, 2.24) is 5.32 Å². The number of amides is 1. The number of nitrogens with one attached hydrogen (secondary N) is 1. The first-order chi connectivity index (χ1) is 13.9. The van der Waals surface area contributed by atoms with E-state index in [9.17, 15) is 14.4 Å². The number of benzene rings is 2. The van der Waals surface area contributed by atoms with E-state index >= 15 is 0 Å². The monoisotopic (exact) mass is 399 g/mol. The summed E-state index contributed by atoms with van der Waals surface area (Å²) in [6.07, 6.45) is 0.367. The Kier molecular flexibility index (Phi) is 8.21. The van der Waals surface area contributed by atoms with Gasteiger partial charge in [0.25, 0.3) is 5.91 Å². The zero-order valence-electron chi connectivity index (χ0n) is 16.8. The van der Waals surface area contributed by atoms with E-state index in [1.807, 2.05) is 37.3 Å². The number of Topliss-reactive ketones (excluding diaryl/α,β-unsaturated/α-hetero) is 1. The van der Waals surface area contributed by atoms with Crippen LogP contribution in [0.25, 0.3) is 0 Å². The van der Waals surface area contributed by atoms with Crippen molar-refractivity contribution in [1.29, 1.82) is 0 Å². The number of carbonyl (C=O) groups is 3. The molecule has 1 amide bonds. The molecule has 2 aromatic carbocycles. The molecule has 0 aliphatic rings. The number of methoxy groups -OCH3 is 1. The van der Waals surface area contributed by atoms with Crippen molar-refractivity contribution in [2.75, 3.05) is 20.3 Å². The van der Waals surface area contributed by atoms with Gasteiger partial charge in [0.1, 0.15) is 0 Å². The average Bonchev–Trinajstić information content (AvgIpc) is 2.72. The van der Waals surface area contributed by atoms with Gasteiger partial charge in [0, 0.05) is 0 Å². The normalized spacial score (nSPS) is 11.3. The fourth-order valence-electron chi connectivity index (χ4n) is 2.67. The molecule has 1 N–H and O–H groups in total. The van der Waals surface area contributed by atoms with Crippen LogP contribution in [-0.2, 0) is 20.7 Å². The number of ketones is 1. The van der Waals surface area contributed by atoms with Gasteiger partial charge >= 0.3 is 5.97 Å². The van der Waals surface area contributed by atoms with E-state index in [1.54, 1.807) is 6.07 Å². The summed E-state index contributed by atoms with van der Waals surface area (Å²) in [6, 6.07) is 13.3. The highest BCUT2D eigenvalue weighted by Gasteiger charge is 2.19. The molecule has 0 bridgehead atoms. The molecule has 1 atom stereocenters. The molecule has 2 aromatic rings. The second-order valence-corrected chi connectivity index (χ2v) is 6.30. The van der Waals surface area contributed by atoms with Gasteiger partial charge in [-0.15, -0.1) is 0 Å². The molecule has 0 heterocycles. The van der Waals surface area contributed by atoms with Crippen LogP contribution in [0, 0.1) is 0 Å². The quantitative estimate of drug-likeness (QED) is 0.618. The van der Waals surface area contributed by atoms with Crippen LogP contribution in [0.1, 0.15) is 29.8 Å².